The maximum atomic E-state index is 12.4. The summed E-state index contributed by atoms with van der Waals surface area (Å²) in [5, 5.41) is 7.56. The highest BCUT2D eigenvalue weighted by atomic mass is 16.1. The van der Waals surface area contributed by atoms with Crippen molar-refractivity contribution in [3.05, 3.63) is 71.2 Å². The fraction of sp³-hybridized carbons (Fsp3) is 0.167. The molecular formula is C18H16N6O2. The van der Waals surface area contributed by atoms with Gasteiger partial charge in [0.15, 0.2) is 5.65 Å². The first-order chi connectivity index (χ1) is 12.7. The summed E-state index contributed by atoms with van der Waals surface area (Å²) in [5.41, 5.74) is 2.06. The number of carbonyl (C=O) groups excluding carboxylic acids is 1. The second-order valence-corrected chi connectivity index (χ2v) is 5.84. The van der Waals surface area contributed by atoms with Crippen LogP contribution in [0, 0.1) is 0 Å². The largest absolute Gasteiger partial charge is 0.352 e. The molecule has 0 spiro atoms. The van der Waals surface area contributed by atoms with Crippen molar-refractivity contribution in [1.29, 1.82) is 0 Å². The van der Waals surface area contributed by atoms with Crippen LogP contribution in [0.15, 0.2) is 60.0 Å². The molecule has 130 valence electrons. The molecule has 0 aliphatic heterocycles. The summed E-state index contributed by atoms with van der Waals surface area (Å²) >= 11 is 0. The minimum Gasteiger partial charge on any atom is -0.352 e. The molecule has 1 N–H and O–H groups in total. The van der Waals surface area contributed by atoms with Gasteiger partial charge in [-0.2, -0.15) is 5.10 Å². The highest BCUT2D eigenvalue weighted by Gasteiger charge is 2.09. The van der Waals surface area contributed by atoms with Crippen LogP contribution >= 0.6 is 0 Å². The molecule has 0 saturated carbocycles. The van der Waals surface area contributed by atoms with E-state index in [-0.39, 0.29) is 24.4 Å². The Morgan fingerprint density at radius 2 is 2.04 bits per heavy atom. The summed E-state index contributed by atoms with van der Waals surface area (Å²) in [5.74, 6) is -0.152. The first kappa shape index (κ1) is 15.9. The number of carbonyl (C=O) groups is 1. The summed E-state index contributed by atoms with van der Waals surface area (Å²) in [6.07, 6.45) is 6.83. The molecule has 3 heterocycles. The molecule has 1 aromatic carbocycles. The topological polar surface area (TPSA) is 94.2 Å². The average Bonchev–Trinajstić information content (AvgIpc) is 3.09. The summed E-state index contributed by atoms with van der Waals surface area (Å²) in [6.45, 7) is 0.611. The monoisotopic (exact) mass is 348 g/mol. The number of nitrogens with one attached hydrogen (secondary N) is 1. The molecule has 8 nitrogen and oxygen atoms in total. The molecular weight excluding hydrogens is 332 g/mol. The van der Waals surface area contributed by atoms with Crippen molar-refractivity contribution >= 4 is 22.5 Å². The number of rotatable bonds is 5. The average molecular weight is 348 g/mol. The minimum atomic E-state index is -0.152. The number of para-hydroxylation sites is 1. The number of aromatic nitrogens is 5. The van der Waals surface area contributed by atoms with Gasteiger partial charge >= 0.3 is 0 Å². The molecule has 8 heteroatoms. The predicted molar refractivity (Wildman–Crippen MR) is 95.5 cm³/mol. The third kappa shape index (κ3) is 3.04. The predicted octanol–water partition coefficient (Wildman–Crippen LogP) is 1.15. The highest BCUT2D eigenvalue weighted by molar-refractivity contribution is 5.77. The van der Waals surface area contributed by atoms with Gasteiger partial charge in [-0.3, -0.25) is 14.2 Å². The maximum Gasteiger partial charge on any atom is 0.261 e. The van der Waals surface area contributed by atoms with Gasteiger partial charge in [0.2, 0.25) is 5.91 Å². The van der Waals surface area contributed by atoms with Crippen molar-refractivity contribution in [2.75, 3.05) is 0 Å². The van der Waals surface area contributed by atoms with Crippen LogP contribution in [0.4, 0.5) is 0 Å². The van der Waals surface area contributed by atoms with Crippen LogP contribution in [-0.2, 0) is 17.9 Å². The molecule has 0 aliphatic rings. The second kappa shape index (κ2) is 6.75. The van der Waals surface area contributed by atoms with Crippen LogP contribution in [0.5, 0.6) is 0 Å². The Morgan fingerprint density at radius 3 is 2.96 bits per heavy atom. The van der Waals surface area contributed by atoms with E-state index in [9.17, 15) is 9.59 Å². The van der Waals surface area contributed by atoms with Gasteiger partial charge in [0.1, 0.15) is 0 Å². The van der Waals surface area contributed by atoms with Gasteiger partial charge in [-0.15, -0.1) is 0 Å². The number of aryl methyl sites for hydroxylation is 1. The standard InChI is InChI=1S/C18H16N6O2/c25-16(20-10-13-11-22-24-8-3-7-19-17(13)24)6-9-23-12-21-15-5-2-1-4-14(15)18(23)26/h1-5,7-8,11-12H,6,9-10H2,(H,20,25). The zero-order valence-electron chi connectivity index (χ0n) is 13.9. The zero-order chi connectivity index (χ0) is 17.9. The third-order valence-corrected chi connectivity index (χ3v) is 4.14. The summed E-state index contributed by atoms with van der Waals surface area (Å²) < 4.78 is 3.11. The quantitative estimate of drug-likeness (QED) is 0.584. The van der Waals surface area contributed by atoms with Crippen molar-refractivity contribution in [2.45, 2.75) is 19.5 Å². The molecule has 1 amide bonds. The zero-order valence-corrected chi connectivity index (χ0v) is 13.9. The Bertz CT molecular complexity index is 1150. The smallest absolute Gasteiger partial charge is 0.261 e. The molecule has 4 rings (SSSR count). The van der Waals surface area contributed by atoms with Crippen LogP contribution in [0.1, 0.15) is 12.0 Å². The van der Waals surface area contributed by atoms with Gasteiger partial charge in [-0.05, 0) is 18.2 Å². The molecule has 0 aliphatic carbocycles. The van der Waals surface area contributed by atoms with E-state index in [1.807, 2.05) is 6.07 Å². The number of benzene rings is 1. The first-order valence-corrected chi connectivity index (χ1v) is 8.20. The van der Waals surface area contributed by atoms with Gasteiger partial charge in [-0.1, -0.05) is 12.1 Å². The van der Waals surface area contributed by atoms with Crippen molar-refractivity contribution in [2.24, 2.45) is 0 Å². The van der Waals surface area contributed by atoms with E-state index in [0.717, 1.165) is 5.56 Å². The molecule has 0 radical (unpaired) electrons. The van der Waals surface area contributed by atoms with E-state index in [2.05, 4.69) is 20.4 Å². The van der Waals surface area contributed by atoms with Crippen molar-refractivity contribution in [1.82, 2.24) is 29.5 Å². The Labute approximate surface area is 148 Å². The lowest BCUT2D eigenvalue weighted by atomic mass is 10.2. The van der Waals surface area contributed by atoms with Crippen LogP contribution in [0.2, 0.25) is 0 Å². The number of fused-ring (bicyclic) bond motifs is 2. The molecule has 0 fully saturated rings. The van der Waals surface area contributed by atoms with Crippen molar-refractivity contribution < 1.29 is 4.79 Å². The SMILES string of the molecule is O=C(CCn1cnc2ccccc2c1=O)NCc1cnn2cccnc12. The Morgan fingerprint density at radius 1 is 1.15 bits per heavy atom. The van der Waals surface area contributed by atoms with E-state index in [4.69, 9.17) is 0 Å². The Balaban J connectivity index is 1.40. The van der Waals surface area contributed by atoms with Crippen molar-refractivity contribution in [3.8, 4) is 0 Å². The van der Waals surface area contributed by atoms with Crippen molar-refractivity contribution in [3.63, 3.8) is 0 Å². The van der Waals surface area contributed by atoms with Crippen LogP contribution in [0.3, 0.4) is 0 Å². The fourth-order valence-electron chi connectivity index (χ4n) is 2.77. The van der Waals surface area contributed by atoms with Crippen LogP contribution in [-0.4, -0.2) is 30.1 Å². The Hall–Kier alpha value is -3.55. The fourth-order valence-corrected chi connectivity index (χ4v) is 2.77. The number of hydrogen-bond acceptors (Lipinski definition) is 5. The lowest BCUT2D eigenvalue weighted by Crippen LogP contribution is -2.27. The highest BCUT2D eigenvalue weighted by Crippen LogP contribution is 2.07. The van der Waals surface area contributed by atoms with Gasteiger partial charge in [0.25, 0.3) is 5.56 Å². The second-order valence-electron chi connectivity index (χ2n) is 5.84. The van der Waals surface area contributed by atoms with E-state index in [1.54, 1.807) is 47.4 Å². The lowest BCUT2D eigenvalue weighted by molar-refractivity contribution is -0.121. The van der Waals surface area contributed by atoms with E-state index >= 15 is 0 Å². The minimum absolute atomic E-state index is 0.143. The van der Waals surface area contributed by atoms with E-state index in [0.29, 0.717) is 23.1 Å². The Kier molecular flexibility index (Phi) is 4.14. The maximum absolute atomic E-state index is 12.4. The third-order valence-electron chi connectivity index (χ3n) is 4.14. The first-order valence-electron chi connectivity index (χ1n) is 8.20. The van der Waals surface area contributed by atoms with Crippen LogP contribution < -0.4 is 10.9 Å². The van der Waals surface area contributed by atoms with Gasteiger partial charge in [0.05, 0.1) is 23.4 Å². The summed E-state index contributed by atoms with van der Waals surface area (Å²) in [7, 11) is 0. The number of amides is 1. The molecule has 3 aromatic heterocycles. The molecule has 0 unspecified atom stereocenters. The number of nitrogens with zero attached hydrogens (tertiary/aromatic N) is 5. The molecule has 26 heavy (non-hydrogen) atoms. The molecule has 4 aromatic rings. The molecule has 0 atom stereocenters. The number of hydrogen-bond donors (Lipinski definition) is 1. The van der Waals surface area contributed by atoms with Crippen LogP contribution in [0.25, 0.3) is 16.6 Å². The molecule has 0 bridgehead atoms. The summed E-state index contributed by atoms with van der Waals surface area (Å²) in [6, 6.07) is 8.95. The van der Waals surface area contributed by atoms with Gasteiger partial charge in [-0.25, -0.2) is 14.5 Å². The van der Waals surface area contributed by atoms with Gasteiger partial charge < -0.3 is 5.32 Å². The molecule has 0 saturated heterocycles. The van der Waals surface area contributed by atoms with Gasteiger partial charge in [0, 0.05) is 37.5 Å². The van der Waals surface area contributed by atoms with E-state index in [1.165, 1.54) is 10.9 Å². The lowest BCUT2D eigenvalue weighted by Gasteiger charge is -2.07. The van der Waals surface area contributed by atoms with E-state index < -0.39 is 0 Å². The summed E-state index contributed by atoms with van der Waals surface area (Å²) in [4.78, 5) is 33.0. The normalized spacial score (nSPS) is 11.1.